The number of carbonyl (C=O) groups excluding carboxylic acids is 2. The van der Waals surface area contributed by atoms with Crippen molar-refractivity contribution in [3.05, 3.63) is 86.9 Å². The molecule has 0 fully saturated rings. The first-order chi connectivity index (χ1) is 16.4. The first-order valence-corrected chi connectivity index (χ1v) is 10.8. The molecule has 172 valence electrons. The second-order valence-electron chi connectivity index (χ2n) is 6.93. The van der Waals surface area contributed by atoms with E-state index < -0.39 is 23.3 Å². The highest BCUT2D eigenvalue weighted by Gasteiger charge is 2.17. The molecule has 1 heterocycles. The topological polar surface area (TPSA) is 147 Å². The van der Waals surface area contributed by atoms with Crippen LogP contribution in [-0.2, 0) is 9.59 Å². The van der Waals surface area contributed by atoms with Gasteiger partial charge < -0.3 is 10.1 Å². The summed E-state index contributed by atoms with van der Waals surface area (Å²) < 4.78 is 5.51. The summed E-state index contributed by atoms with van der Waals surface area (Å²) in [5, 5.41) is 28.1. The van der Waals surface area contributed by atoms with Crippen molar-refractivity contribution in [3.63, 3.8) is 0 Å². The number of nitriles is 1. The summed E-state index contributed by atoms with van der Waals surface area (Å²) >= 11 is 1.24. The average Bonchev–Trinajstić information content (AvgIpc) is 3.34. The Bertz CT molecular complexity index is 1250. The van der Waals surface area contributed by atoms with Gasteiger partial charge in [0.05, 0.1) is 11.0 Å². The maximum atomic E-state index is 12.7. The molecule has 0 aliphatic rings. The molecule has 1 aromatic heterocycles. The Morgan fingerprint density at radius 3 is 2.71 bits per heavy atom. The average molecular weight is 478 g/mol. The van der Waals surface area contributed by atoms with E-state index in [-0.39, 0.29) is 28.6 Å². The third-order valence-corrected chi connectivity index (χ3v) is 5.24. The fourth-order valence-corrected chi connectivity index (χ4v) is 3.43. The van der Waals surface area contributed by atoms with E-state index in [0.29, 0.717) is 5.13 Å². The number of hydrogen-bond donors (Lipinski definition) is 2. The van der Waals surface area contributed by atoms with Gasteiger partial charge in [-0.1, -0.05) is 30.3 Å². The van der Waals surface area contributed by atoms with E-state index in [1.807, 2.05) is 36.4 Å². The molecule has 2 aromatic carbocycles. The summed E-state index contributed by atoms with van der Waals surface area (Å²) in [5.41, 5.74) is 0.413. The first kappa shape index (κ1) is 24.1. The van der Waals surface area contributed by atoms with E-state index in [1.54, 1.807) is 12.3 Å². The van der Waals surface area contributed by atoms with E-state index in [9.17, 15) is 25.0 Å². The zero-order valence-electron chi connectivity index (χ0n) is 17.9. The van der Waals surface area contributed by atoms with Crippen molar-refractivity contribution in [1.82, 2.24) is 10.3 Å². The van der Waals surface area contributed by atoms with Crippen LogP contribution in [-0.4, -0.2) is 28.3 Å². The molecule has 1 atom stereocenters. The van der Waals surface area contributed by atoms with Gasteiger partial charge in [0.25, 0.3) is 17.5 Å². The lowest BCUT2D eigenvalue weighted by atomic mass is 10.1. The fraction of sp³-hybridized carbons (Fsp3) is 0.130. The van der Waals surface area contributed by atoms with Crippen LogP contribution in [0, 0.1) is 21.4 Å². The lowest BCUT2D eigenvalue weighted by Gasteiger charge is -2.14. The summed E-state index contributed by atoms with van der Waals surface area (Å²) in [6.07, 6.45) is 2.72. The van der Waals surface area contributed by atoms with Gasteiger partial charge in [0.2, 0.25) is 0 Å². The summed E-state index contributed by atoms with van der Waals surface area (Å²) in [4.78, 5) is 39.4. The molecule has 0 bridgehead atoms. The van der Waals surface area contributed by atoms with Crippen LogP contribution in [0.4, 0.5) is 10.8 Å². The number of amides is 2. The lowest BCUT2D eigenvalue weighted by molar-refractivity contribution is -0.384. The summed E-state index contributed by atoms with van der Waals surface area (Å²) in [7, 11) is 0. The number of hydrogen-bond acceptors (Lipinski definition) is 8. The molecule has 0 radical (unpaired) electrons. The molecule has 0 aliphatic heterocycles. The molecule has 34 heavy (non-hydrogen) atoms. The molecule has 0 saturated heterocycles. The van der Waals surface area contributed by atoms with Crippen LogP contribution in [0.2, 0.25) is 0 Å². The maximum absolute atomic E-state index is 12.7. The predicted molar refractivity (Wildman–Crippen MR) is 126 cm³/mol. The molecular formula is C23H19N5O5S. The van der Waals surface area contributed by atoms with Crippen LogP contribution in [0.1, 0.15) is 24.1 Å². The Kier molecular flexibility index (Phi) is 8.04. The number of rotatable bonds is 9. The van der Waals surface area contributed by atoms with Crippen molar-refractivity contribution in [3.8, 4) is 11.8 Å². The maximum Gasteiger partial charge on any atom is 0.270 e. The van der Waals surface area contributed by atoms with Gasteiger partial charge in [0.15, 0.2) is 11.7 Å². The number of nitro benzene ring substituents is 1. The van der Waals surface area contributed by atoms with Crippen LogP contribution in [0.3, 0.4) is 0 Å². The van der Waals surface area contributed by atoms with Crippen LogP contribution >= 0.6 is 11.3 Å². The van der Waals surface area contributed by atoms with Crippen LogP contribution in [0.15, 0.2) is 65.7 Å². The molecule has 11 heteroatoms. The van der Waals surface area contributed by atoms with Crippen molar-refractivity contribution >= 4 is 40.0 Å². The number of non-ortho nitro benzene ring substituents is 1. The molecule has 1 unspecified atom stereocenters. The summed E-state index contributed by atoms with van der Waals surface area (Å²) in [6, 6.07) is 14.3. The van der Waals surface area contributed by atoms with Gasteiger partial charge in [-0.25, -0.2) is 4.98 Å². The van der Waals surface area contributed by atoms with Crippen molar-refractivity contribution in [2.24, 2.45) is 0 Å². The Labute approximate surface area is 198 Å². The highest BCUT2D eigenvalue weighted by Crippen LogP contribution is 2.27. The largest absolute Gasteiger partial charge is 0.483 e. The zero-order chi connectivity index (χ0) is 24.5. The molecule has 0 saturated carbocycles. The SMILES string of the molecule is CC(NC(=O)C(C#N)=Cc1cc([N+](=O)[O-])ccc1OCC(=O)Nc1nccs1)c1ccccc1. The van der Waals surface area contributed by atoms with Crippen molar-refractivity contribution in [1.29, 1.82) is 5.26 Å². The number of ether oxygens (including phenoxy) is 1. The van der Waals surface area contributed by atoms with Gasteiger partial charge >= 0.3 is 0 Å². The van der Waals surface area contributed by atoms with Crippen molar-refractivity contribution in [2.75, 3.05) is 11.9 Å². The number of aromatic nitrogens is 1. The number of nitrogens with one attached hydrogen (secondary N) is 2. The molecule has 3 rings (SSSR count). The number of nitrogens with zero attached hydrogens (tertiary/aromatic N) is 3. The van der Waals surface area contributed by atoms with Crippen LogP contribution < -0.4 is 15.4 Å². The highest BCUT2D eigenvalue weighted by molar-refractivity contribution is 7.13. The van der Waals surface area contributed by atoms with Gasteiger partial charge in [-0.15, -0.1) is 11.3 Å². The number of nitro groups is 1. The molecule has 0 spiro atoms. The smallest absolute Gasteiger partial charge is 0.270 e. The molecule has 10 nitrogen and oxygen atoms in total. The molecule has 0 aliphatic carbocycles. The van der Waals surface area contributed by atoms with E-state index in [0.717, 1.165) is 5.56 Å². The van der Waals surface area contributed by atoms with Crippen molar-refractivity contribution < 1.29 is 19.2 Å². The van der Waals surface area contributed by atoms with Gasteiger partial charge in [0.1, 0.15) is 17.4 Å². The number of carbonyl (C=O) groups is 2. The van der Waals surface area contributed by atoms with E-state index in [4.69, 9.17) is 4.74 Å². The molecular weight excluding hydrogens is 458 g/mol. The Morgan fingerprint density at radius 2 is 2.06 bits per heavy atom. The van der Waals surface area contributed by atoms with Gasteiger partial charge in [-0.2, -0.15) is 5.26 Å². The Hall–Kier alpha value is -4.56. The monoisotopic (exact) mass is 477 g/mol. The zero-order valence-corrected chi connectivity index (χ0v) is 18.7. The van der Waals surface area contributed by atoms with Crippen molar-refractivity contribution in [2.45, 2.75) is 13.0 Å². The second kappa shape index (κ2) is 11.3. The van der Waals surface area contributed by atoms with Gasteiger partial charge in [0, 0.05) is 29.3 Å². The predicted octanol–water partition coefficient (Wildman–Crippen LogP) is 3.85. The van der Waals surface area contributed by atoms with Gasteiger partial charge in [-0.05, 0) is 24.6 Å². The minimum absolute atomic E-state index is 0.0940. The third kappa shape index (κ3) is 6.47. The van der Waals surface area contributed by atoms with E-state index in [2.05, 4.69) is 15.6 Å². The van der Waals surface area contributed by atoms with E-state index in [1.165, 1.54) is 41.8 Å². The molecule has 2 N–H and O–H groups in total. The number of benzene rings is 2. The first-order valence-electron chi connectivity index (χ1n) is 9.95. The lowest BCUT2D eigenvalue weighted by Crippen LogP contribution is -2.27. The van der Waals surface area contributed by atoms with Crippen LogP contribution in [0.25, 0.3) is 6.08 Å². The number of anilines is 1. The molecule has 3 aromatic rings. The highest BCUT2D eigenvalue weighted by atomic mass is 32.1. The Balaban J connectivity index is 1.80. The minimum atomic E-state index is -0.655. The third-order valence-electron chi connectivity index (χ3n) is 4.55. The number of thiazole rings is 1. The van der Waals surface area contributed by atoms with Crippen LogP contribution in [0.5, 0.6) is 5.75 Å². The minimum Gasteiger partial charge on any atom is -0.483 e. The fourth-order valence-electron chi connectivity index (χ4n) is 2.88. The van der Waals surface area contributed by atoms with Gasteiger partial charge in [-0.3, -0.25) is 25.0 Å². The summed E-state index contributed by atoms with van der Waals surface area (Å²) in [6.45, 7) is 1.36. The Morgan fingerprint density at radius 1 is 1.29 bits per heavy atom. The van der Waals surface area contributed by atoms with E-state index >= 15 is 0 Å². The summed E-state index contributed by atoms with van der Waals surface area (Å²) in [5.74, 6) is -1.05. The molecule has 2 amide bonds. The normalized spacial score (nSPS) is 11.7. The second-order valence-corrected chi connectivity index (χ2v) is 7.82. The standard InChI is InChI=1S/C23H19N5O5S/c1-15(16-5-3-2-4-6-16)26-22(30)18(13-24)11-17-12-19(28(31)32)7-8-20(17)33-14-21(29)27-23-25-9-10-34-23/h2-12,15H,14H2,1H3,(H,26,30)(H,25,27,29). The quantitative estimate of drug-likeness (QED) is 0.206.